The average molecular weight is 236 g/mol. The number of ether oxygens (including phenoxy) is 1. The van der Waals surface area contributed by atoms with Crippen molar-refractivity contribution in [3.63, 3.8) is 0 Å². The van der Waals surface area contributed by atoms with Gasteiger partial charge in [0.05, 0.1) is 12.1 Å². The zero-order valence-corrected chi connectivity index (χ0v) is 9.40. The summed E-state index contributed by atoms with van der Waals surface area (Å²) in [7, 11) is 1.59. The van der Waals surface area contributed by atoms with Crippen LogP contribution in [0, 0.1) is 0 Å². The number of pyridine rings is 1. The lowest BCUT2D eigenvalue weighted by atomic mass is 10.1. The predicted octanol–water partition coefficient (Wildman–Crippen LogP) is 3.12. The van der Waals surface area contributed by atoms with Gasteiger partial charge < -0.3 is 9.84 Å². The summed E-state index contributed by atoms with van der Waals surface area (Å²) in [6.45, 7) is 0. The van der Waals surface area contributed by atoms with Gasteiger partial charge in [-0.25, -0.2) is 0 Å². The van der Waals surface area contributed by atoms with E-state index in [0.29, 0.717) is 16.5 Å². The Bertz CT molecular complexity index is 514. The first-order chi connectivity index (χ1) is 7.70. The molecule has 0 aliphatic heterocycles. The van der Waals surface area contributed by atoms with Crippen LogP contribution in [0.15, 0.2) is 36.5 Å². The van der Waals surface area contributed by atoms with Crippen molar-refractivity contribution in [2.75, 3.05) is 7.11 Å². The zero-order chi connectivity index (χ0) is 11.5. The minimum atomic E-state index is 0.0563. The number of aromatic hydroxyl groups is 1. The van der Waals surface area contributed by atoms with Crippen LogP contribution in [0.25, 0.3) is 11.3 Å². The quantitative estimate of drug-likeness (QED) is 0.870. The minimum Gasteiger partial charge on any atom is -0.506 e. The van der Waals surface area contributed by atoms with E-state index in [0.717, 1.165) is 5.56 Å². The molecule has 0 atom stereocenters. The van der Waals surface area contributed by atoms with Crippen LogP contribution in [0.4, 0.5) is 0 Å². The maximum atomic E-state index is 9.72. The Morgan fingerprint density at radius 1 is 1.31 bits per heavy atom. The maximum Gasteiger partial charge on any atom is 0.143 e. The van der Waals surface area contributed by atoms with Crippen LogP contribution in [-0.4, -0.2) is 17.2 Å². The average Bonchev–Trinajstić information content (AvgIpc) is 2.29. The standard InChI is InChI=1S/C12H10ClNO2/c1-16-10-4-2-3-8(5-10)12-11(15)6-9(13)7-14-12/h2-7,15H,1H3. The number of hydrogen-bond donors (Lipinski definition) is 1. The summed E-state index contributed by atoms with van der Waals surface area (Å²) in [5.41, 5.74) is 1.27. The number of halogens is 1. The summed E-state index contributed by atoms with van der Waals surface area (Å²) in [5.74, 6) is 0.773. The second kappa shape index (κ2) is 4.41. The Labute approximate surface area is 98.3 Å². The maximum absolute atomic E-state index is 9.72. The van der Waals surface area contributed by atoms with Gasteiger partial charge >= 0.3 is 0 Å². The normalized spacial score (nSPS) is 10.1. The zero-order valence-electron chi connectivity index (χ0n) is 8.64. The molecule has 1 aromatic carbocycles. The predicted molar refractivity (Wildman–Crippen MR) is 62.9 cm³/mol. The highest BCUT2D eigenvalue weighted by molar-refractivity contribution is 6.30. The first-order valence-electron chi connectivity index (χ1n) is 4.69. The second-order valence-corrected chi connectivity index (χ2v) is 3.69. The monoisotopic (exact) mass is 235 g/mol. The van der Waals surface area contributed by atoms with E-state index in [1.807, 2.05) is 18.2 Å². The molecule has 82 valence electrons. The fourth-order valence-electron chi connectivity index (χ4n) is 1.42. The van der Waals surface area contributed by atoms with Gasteiger partial charge in [-0.2, -0.15) is 0 Å². The number of hydrogen-bond acceptors (Lipinski definition) is 3. The largest absolute Gasteiger partial charge is 0.506 e. The van der Waals surface area contributed by atoms with Gasteiger partial charge in [0.25, 0.3) is 0 Å². The molecular formula is C12H10ClNO2. The highest BCUT2D eigenvalue weighted by Crippen LogP contribution is 2.30. The number of nitrogens with zero attached hydrogens (tertiary/aromatic N) is 1. The van der Waals surface area contributed by atoms with E-state index in [-0.39, 0.29) is 5.75 Å². The summed E-state index contributed by atoms with van der Waals surface area (Å²) in [4.78, 5) is 4.09. The van der Waals surface area contributed by atoms with Gasteiger partial charge in [0.15, 0.2) is 0 Å². The molecule has 1 heterocycles. The second-order valence-electron chi connectivity index (χ2n) is 3.25. The van der Waals surface area contributed by atoms with Crippen LogP contribution < -0.4 is 4.74 Å². The van der Waals surface area contributed by atoms with Crippen LogP contribution in [0.3, 0.4) is 0 Å². The van der Waals surface area contributed by atoms with Crippen molar-refractivity contribution in [1.29, 1.82) is 0 Å². The van der Waals surface area contributed by atoms with Crippen molar-refractivity contribution in [3.8, 4) is 22.8 Å². The molecular weight excluding hydrogens is 226 g/mol. The molecule has 2 aromatic rings. The van der Waals surface area contributed by atoms with Gasteiger partial charge in [0.1, 0.15) is 17.2 Å². The molecule has 4 heteroatoms. The van der Waals surface area contributed by atoms with E-state index in [1.165, 1.54) is 12.3 Å². The Kier molecular flexibility index (Phi) is 2.97. The van der Waals surface area contributed by atoms with Crippen LogP contribution in [0.1, 0.15) is 0 Å². The van der Waals surface area contributed by atoms with Crippen LogP contribution >= 0.6 is 11.6 Å². The molecule has 2 rings (SSSR count). The molecule has 1 aromatic heterocycles. The molecule has 16 heavy (non-hydrogen) atoms. The Morgan fingerprint density at radius 2 is 2.12 bits per heavy atom. The number of benzene rings is 1. The summed E-state index contributed by atoms with van der Waals surface area (Å²) >= 11 is 5.72. The fraction of sp³-hybridized carbons (Fsp3) is 0.0833. The van der Waals surface area contributed by atoms with E-state index in [4.69, 9.17) is 16.3 Å². The van der Waals surface area contributed by atoms with Gasteiger partial charge in [-0.05, 0) is 12.1 Å². The molecule has 0 saturated carbocycles. The van der Waals surface area contributed by atoms with Gasteiger partial charge in [0.2, 0.25) is 0 Å². The smallest absolute Gasteiger partial charge is 0.143 e. The summed E-state index contributed by atoms with van der Waals surface area (Å²) in [5, 5.41) is 10.1. The van der Waals surface area contributed by atoms with Crippen LogP contribution in [-0.2, 0) is 0 Å². The number of methoxy groups -OCH3 is 1. The molecule has 0 amide bonds. The first kappa shape index (κ1) is 10.8. The topological polar surface area (TPSA) is 42.4 Å². The van der Waals surface area contributed by atoms with Crippen molar-refractivity contribution in [2.24, 2.45) is 0 Å². The van der Waals surface area contributed by atoms with Crippen LogP contribution in [0.2, 0.25) is 5.02 Å². The number of rotatable bonds is 2. The molecule has 0 fully saturated rings. The third-order valence-electron chi connectivity index (χ3n) is 2.18. The summed E-state index contributed by atoms with van der Waals surface area (Å²) in [6.07, 6.45) is 1.50. The lowest BCUT2D eigenvalue weighted by molar-refractivity contribution is 0.415. The van der Waals surface area contributed by atoms with E-state index in [9.17, 15) is 5.11 Å². The Balaban J connectivity index is 2.49. The van der Waals surface area contributed by atoms with Crippen molar-refractivity contribution >= 4 is 11.6 Å². The van der Waals surface area contributed by atoms with Gasteiger partial charge in [-0.3, -0.25) is 4.98 Å². The van der Waals surface area contributed by atoms with Gasteiger partial charge in [0, 0.05) is 17.8 Å². The molecule has 0 radical (unpaired) electrons. The highest BCUT2D eigenvalue weighted by Gasteiger charge is 2.07. The van der Waals surface area contributed by atoms with E-state index in [1.54, 1.807) is 13.2 Å². The van der Waals surface area contributed by atoms with Crippen molar-refractivity contribution in [3.05, 3.63) is 41.6 Å². The summed E-state index contributed by atoms with van der Waals surface area (Å²) < 4.78 is 5.10. The van der Waals surface area contributed by atoms with E-state index in [2.05, 4.69) is 4.98 Å². The van der Waals surface area contributed by atoms with Crippen molar-refractivity contribution < 1.29 is 9.84 Å². The lowest BCUT2D eigenvalue weighted by Gasteiger charge is -2.05. The molecule has 0 unspecified atom stereocenters. The van der Waals surface area contributed by atoms with Crippen molar-refractivity contribution in [1.82, 2.24) is 4.98 Å². The Morgan fingerprint density at radius 3 is 2.81 bits per heavy atom. The fourth-order valence-corrected chi connectivity index (χ4v) is 1.57. The minimum absolute atomic E-state index is 0.0563. The Hall–Kier alpha value is -1.74. The highest BCUT2D eigenvalue weighted by atomic mass is 35.5. The SMILES string of the molecule is COc1cccc(-c2ncc(Cl)cc2O)c1. The van der Waals surface area contributed by atoms with Crippen molar-refractivity contribution in [2.45, 2.75) is 0 Å². The third kappa shape index (κ3) is 2.09. The molecule has 0 saturated heterocycles. The molecule has 0 aliphatic rings. The molecule has 0 bridgehead atoms. The summed E-state index contributed by atoms with van der Waals surface area (Å²) in [6, 6.07) is 8.78. The third-order valence-corrected chi connectivity index (χ3v) is 2.38. The van der Waals surface area contributed by atoms with Gasteiger partial charge in [-0.1, -0.05) is 23.7 Å². The van der Waals surface area contributed by atoms with E-state index < -0.39 is 0 Å². The molecule has 0 aliphatic carbocycles. The lowest BCUT2D eigenvalue weighted by Crippen LogP contribution is -1.87. The van der Waals surface area contributed by atoms with Crippen LogP contribution in [0.5, 0.6) is 11.5 Å². The first-order valence-corrected chi connectivity index (χ1v) is 5.07. The van der Waals surface area contributed by atoms with Gasteiger partial charge in [-0.15, -0.1) is 0 Å². The van der Waals surface area contributed by atoms with E-state index >= 15 is 0 Å². The number of aromatic nitrogens is 1. The molecule has 3 nitrogen and oxygen atoms in total. The molecule has 0 spiro atoms. The molecule has 1 N–H and O–H groups in total.